The Kier molecular flexibility index (Phi) is 5.80. The maximum absolute atomic E-state index is 12.0. The summed E-state index contributed by atoms with van der Waals surface area (Å²) in [6.45, 7) is 5.79. The van der Waals surface area contributed by atoms with Gasteiger partial charge in [0.05, 0.1) is 11.9 Å². The van der Waals surface area contributed by atoms with Crippen molar-refractivity contribution in [2.45, 2.75) is 26.9 Å². The highest BCUT2D eigenvalue weighted by Gasteiger charge is 2.18. The molecule has 0 aliphatic carbocycles. The first kappa shape index (κ1) is 17.5. The van der Waals surface area contributed by atoms with E-state index in [4.69, 9.17) is 4.18 Å². The number of benzene rings is 2. The van der Waals surface area contributed by atoms with E-state index in [0.717, 1.165) is 16.9 Å². The zero-order chi connectivity index (χ0) is 16.9. The Morgan fingerprint density at radius 1 is 1.00 bits per heavy atom. The molecule has 0 amide bonds. The molecule has 2 aromatic rings. The average Bonchev–Trinajstić information content (AvgIpc) is 2.49. The van der Waals surface area contributed by atoms with E-state index >= 15 is 0 Å². The van der Waals surface area contributed by atoms with E-state index in [1.165, 1.54) is 0 Å². The number of para-hydroxylation sites is 2. The van der Waals surface area contributed by atoms with Crippen molar-refractivity contribution in [3.63, 3.8) is 0 Å². The second-order valence-corrected chi connectivity index (χ2v) is 7.40. The van der Waals surface area contributed by atoms with Gasteiger partial charge in [0.1, 0.15) is 0 Å². The van der Waals surface area contributed by atoms with Crippen molar-refractivity contribution in [3.8, 4) is 0 Å². The van der Waals surface area contributed by atoms with Gasteiger partial charge in [-0.3, -0.25) is 4.18 Å². The molecule has 0 radical (unpaired) electrons. The van der Waals surface area contributed by atoms with Gasteiger partial charge in [-0.15, -0.1) is 0 Å². The first-order chi connectivity index (χ1) is 10.9. The van der Waals surface area contributed by atoms with E-state index < -0.39 is 10.1 Å². The molecule has 0 aliphatic heterocycles. The molecule has 0 bridgehead atoms. The highest BCUT2D eigenvalue weighted by atomic mass is 32.2. The third kappa shape index (κ3) is 5.08. The van der Waals surface area contributed by atoms with Crippen LogP contribution in [-0.4, -0.2) is 26.8 Å². The van der Waals surface area contributed by atoms with Gasteiger partial charge in [-0.1, -0.05) is 36.4 Å². The van der Waals surface area contributed by atoms with Crippen molar-refractivity contribution < 1.29 is 12.6 Å². The predicted octanol–water partition coefficient (Wildman–Crippen LogP) is 3.89. The van der Waals surface area contributed by atoms with Crippen molar-refractivity contribution in [1.29, 1.82) is 0 Å². The molecule has 2 aromatic carbocycles. The molecule has 0 fully saturated rings. The molecule has 0 atom stereocenters. The van der Waals surface area contributed by atoms with E-state index in [1.807, 2.05) is 66.4 Å². The van der Waals surface area contributed by atoms with Crippen LogP contribution in [0.5, 0.6) is 0 Å². The summed E-state index contributed by atoms with van der Waals surface area (Å²) in [5, 5.41) is 0. The van der Waals surface area contributed by atoms with Crippen LogP contribution < -0.4 is 4.90 Å². The highest BCUT2D eigenvalue weighted by Crippen LogP contribution is 2.28. The first-order valence-electron chi connectivity index (χ1n) is 7.68. The number of rotatable bonds is 7. The zero-order valence-corrected chi connectivity index (χ0v) is 14.6. The maximum atomic E-state index is 12.0. The average molecular weight is 333 g/mol. The molecule has 0 N–H and O–H groups in total. The van der Waals surface area contributed by atoms with Crippen LogP contribution in [0.3, 0.4) is 0 Å². The topological polar surface area (TPSA) is 46.6 Å². The van der Waals surface area contributed by atoms with Crippen molar-refractivity contribution in [2.24, 2.45) is 0 Å². The largest absolute Gasteiger partial charge is 0.340 e. The van der Waals surface area contributed by atoms with Crippen molar-refractivity contribution >= 4 is 21.5 Å². The SMILES string of the molecule is Cc1ccccc1N(CCS(=O)(=O)OC(C)C)c1ccccc1. The molecule has 0 aromatic heterocycles. The summed E-state index contributed by atoms with van der Waals surface area (Å²) < 4.78 is 29.1. The van der Waals surface area contributed by atoms with Crippen LogP contribution in [0.4, 0.5) is 11.4 Å². The van der Waals surface area contributed by atoms with Gasteiger partial charge in [0.2, 0.25) is 0 Å². The number of hydrogen-bond donors (Lipinski definition) is 0. The van der Waals surface area contributed by atoms with E-state index in [0.29, 0.717) is 6.54 Å². The summed E-state index contributed by atoms with van der Waals surface area (Å²) in [6, 6.07) is 17.7. The number of anilines is 2. The zero-order valence-electron chi connectivity index (χ0n) is 13.8. The molecule has 2 rings (SSSR count). The Labute approximate surface area is 138 Å². The minimum atomic E-state index is -3.55. The minimum absolute atomic E-state index is 0.0611. The molecule has 5 heteroatoms. The van der Waals surface area contributed by atoms with Gasteiger partial charge in [0.15, 0.2) is 0 Å². The van der Waals surface area contributed by atoms with E-state index in [2.05, 4.69) is 0 Å². The van der Waals surface area contributed by atoms with Crippen LogP contribution in [0.25, 0.3) is 0 Å². The Balaban J connectivity index is 2.27. The van der Waals surface area contributed by atoms with Crippen molar-refractivity contribution in [2.75, 3.05) is 17.2 Å². The normalized spacial score (nSPS) is 11.7. The van der Waals surface area contributed by atoms with Crippen molar-refractivity contribution in [3.05, 3.63) is 60.2 Å². The molecule has 0 unspecified atom stereocenters. The summed E-state index contributed by atoms with van der Waals surface area (Å²) in [4.78, 5) is 2.01. The summed E-state index contributed by atoms with van der Waals surface area (Å²) >= 11 is 0. The van der Waals surface area contributed by atoms with Crippen LogP contribution >= 0.6 is 0 Å². The monoisotopic (exact) mass is 333 g/mol. The fourth-order valence-corrected chi connectivity index (χ4v) is 3.50. The third-order valence-electron chi connectivity index (χ3n) is 3.38. The van der Waals surface area contributed by atoms with Gasteiger partial charge in [-0.2, -0.15) is 8.42 Å². The molecule has 0 aliphatic rings. The van der Waals surface area contributed by atoms with Crippen LogP contribution in [0.2, 0.25) is 0 Å². The quantitative estimate of drug-likeness (QED) is 0.721. The van der Waals surface area contributed by atoms with Crippen LogP contribution in [0, 0.1) is 6.92 Å². The minimum Gasteiger partial charge on any atom is -0.340 e. The predicted molar refractivity (Wildman–Crippen MR) is 94.6 cm³/mol. The third-order valence-corrected chi connectivity index (χ3v) is 4.74. The van der Waals surface area contributed by atoms with Gasteiger partial charge in [-0.05, 0) is 44.5 Å². The summed E-state index contributed by atoms with van der Waals surface area (Å²) in [7, 11) is -3.55. The first-order valence-corrected chi connectivity index (χ1v) is 9.26. The second kappa shape index (κ2) is 7.62. The molecule has 0 heterocycles. The van der Waals surface area contributed by atoms with Gasteiger partial charge >= 0.3 is 0 Å². The number of hydrogen-bond acceptors (Lipinski definition) is 4. The van der Waals surface area contributed by atoms with Crippen LogP contribution in [-0.2, 0) is 14.3 Å². The summed E-state index contributed by atoms with van der Waals surface area (Å²) in [5.41, 5.74) is 3.05. The fraction of sp³-hybridized carbons (Fsp3) is 0.333. The Hall–Kier alpha value is -1.85. The summed E-state index contributed by atoms with van der Waals surface area (Å²) in [5.74, 6) is -0.0611. The molecule has 0 spiro atoms. The molecule has 4 nitrogen and oxygen atoms in total. The second-order valence-electron chi connectivity index (χ2n) is 5.68. The lowest BCUT2D eigenvalue weighted by Gasteiger charge is -2.26. The van der Waals surface area contributed by atoms with E-state index in [1.54, 1.807) is 13.8 Å². The lowest BCUT2D eigenvalue weighted by molar-refractivity contribution is 0.249. The van der Waals surface area contributed by atoms with Gasteiger partial charge in [-0.25, -0.2) is 0 Å². The number of aryl methyl sites for hydroxylation is 1. The van der Waals surface area contributed by atoms with E-state index in [9.17, 15) is 8.42 Å². The fourth-order valence-electron chi connectivity index (χ4n) is 2.41. The Bertz CT molecular complexity index is 727. The lowest BCUT2D eigenvalue weighted by atomic mass is 10.1. The summed E-state index contributed by atoms with van der Waals surface area (Å²) in [6.07, 6.45) is -0.344. The van der Waals surface area contributed by atoms with Crippen LogP contribution in [0.1, 0.15) is 19.4 Å². The van der Waals surface area contributed by atoms with Gasteiger partial charge in [0, 0.05) is 17.9 Å². The smallest absolute Gasteiger partial charge is 0.269 e. The molecule has 0 saturated carbocycles. The van der Waals surface area contributed by atoms with Crippen LogP contribution in [0.15, 0.2) is 54.6 Å². The maximum Gasteiger partial charge on any atom is 0.269 e. The number of nitrogens with zero attached hydrogens (tertiary/aromatic N) is 1. The Morgan fingerprint density at radius 2 is 1.61 bits per heavy atom. The van der Waals surface area contributed by atoms with Gasteiger partial charge < -0.3 is 4.90 Å². The molecule has 0 saturated heterocycles. The Morgan fingerprint density at radius 3 is 2.22 bits per heavy atom. The van der Waals surface area contributed by atoms with E-state index in [-0.39, 0.29) is 11.9 Å². The van der Waals surface area contributed by atoms with Gasteiger partial charge in [0.25, 0.3) is 10.1 Å². The molecular formula is C18H23NO3S. The lowest BCUT2D eigenvalue weighted by Crippen LogP contribution is -2.27. The highest BCUT2D eigenvalue weighted by molar-refractivity contribution is 7.86. The molecular weight excluding hydrogens is 310 g/mol. The van der Waals surface area contributed by atoms with Crippen molar-refractivity contribution in [1.82, 2.24) is 0 Å². The standard InChI is InChI=1S/C18H23NO3S/c1-15(2)22-23(20,21)14-13-19(17-10-5-4-6-11-17)18-12-8-7-9-16(18)3/h4-12,15H,13-14H2,1-3H3. The molecule has 124 valence electrons. The molecule has 23 heavy (non-hydrogen) atoms.